The Balaban J connectivity index is 0.000000148. The Morgan fingerprint density at radius 3 is 1.60 bits per heavy atom. The molecule has 3 heteroatoms. The van der Waals surface area contributed by atoms with E-state index >= 15 is 0 Å². The lowest BCUT2D eigenvalue weighted by Gasteiger charge is -1.64. The Morgan fingerprint density at radius 2 is 1.50 bits per heavy atom. The van der Waals surface area contributed by atoms with E-state index in [0.29, 0.717) is 0 Å². The fourth-order valence-electron chi connectivity index (χ4n) is 0.804. The topological polar surface area (TPSA) is 53.1 Å². The van der Waals surface area contributed by atoms with E-state index < -0.39 is 0 Å². The number of fused-ring (bicyclic) bond motifs is 2. The smallest absolute Gasteiger partial charge is 0.290 e. The van der Waals surface area contributed by atoms with Crippen LogP contribution in [0.2, 0.25) is 0 Å². The average molecular weight is 137 g/mol. The summed E-state index contributed by atoms with van der Waals surface area (Å²) in [5.41, 5.74) is 2.44. The van der Waals surface area contributed by atoms with Crippen LogP contribution in [0.1, 0.15) is 0 Å². The van der Waals surface area contributed by atoms with Gasteiger partial charge in [-0.2, -0.15) is 0 Å². The van der Waals surface area contributed by atoms with E-state index in [0.717, 1.165) is 0 Å². The van der Waals surface area contributed by atoms with Gasteiger partial charge in [-0.1, -0.05) is 0 Å². The van der Waals surface area contributed by atoms with Crippen molar-refractivity contribution >= 4 is 17.5 Å². The standard InChI is InChI=1S/C6H5N.CH2O2/c1-2-6-4-3-5(1)7-6;2-1-3/h1-4,7H;1H,(H,2,3). The molecule has 0 aliphatic heterocycles. The van der Waals surface area contributed by atoms with E-state index in [1.807, 2.05) is 0 Å². The van der Waals surface area contributed by atoms with Crippen molar-refractivity contribution < 1.29 is 9.90 Å². The summed E-state index contributed by atoms with van der Waals surface area (Å²) in [4.78, 5) is 11.5. The highest BCUT2D eigenvalue weighted by molar-refractivity contribution is 5.64. The molecule has 2 heterocycles. The summed E-state index contributed by atoms with van der Waals surface area (Å²) in [6, 6.07) is 8.26. The molecule has 0 aliphatic rings. The third-order valence-electron chi connectivity index (χ3n) is 1.17. The summed E-state index contributed by atoms with van der Waals surface area (Å²) in [5.74, 6) is 0. The Bertz CT molecular complexity index is 244. The van der Waals surface area contributed by atoms with Crippen LogP contribution in [0.5, 0.6) is 0 Å². The van der Waals surface area contributed by atoms with Crippen LogP contribution in [0.4, 0.5) is 0 Å². The molecule has 0 atom stereocenters. The molecule has 52 valence electrons. The fourth-order valence-corrected chi connectivity index (χ4v) is 0.804. The van der Waals surface area contributed by atoms with Crippen LogP contribution in [0, 0.1) is 0 Å². The molecule has 0 amide bonds. The highest BCUT2D eigenvalue weighted by Gasteiger charge is 1.87. The number of H-pyrrole nitrogens is 1. The molecule has 3 nitrogen and oxygen atoms in total. The normalized spacial score (nSPS) is 8.80. The number of nitrogens with one attached hydrogen (secondary N) is 1. The maximum absolute atomic E-state index is 8.36. The molecule has 2 aromatic rings. The number of carbonyl (C=O) groups is 1. The minimum Gasteiger partial charge on any atom is -0.483 e. The lowest BCUT2D eigenvalue weighted by atomic mass is 10.4. The highest BCUT2D eigenvalue weighted by Crippen LogP contribution is 2.07. The van der Waals surface area contributed by atoms with Gasteiger partial charge in [-0.25, -0.2) is 0 Å². The number of rotatable bonds is 0. The highest BCUT2D eigenvalue weighted by atomic mass is 16.3. The third-order valence-corrected chi connectivity index (χ3v) is 1.17. The minimum atomic E-state index is -0.250. The quantitative estimate of drug-likeness (QED) is 0.538. The summed E-state index contributed by atoms with van der Waals surface area (Å²) in [5, 5.41) is 6.89. The number of aromatic nitrogens is 1. The van der Waals surface area contributed by atoms with E-state index in [1.54, 1.807) is 0 Å². The molecule has 0 aliphatic carbocycles. The van der Waals surface area contributed by atoms with Crippen LogP contribution >= 0.6 is 0 Å². The molecule has 0 unspecified atom stereocenters. The molecule has 2 rings (SSSR count). The van der Waals surface area contributed by atoms with Crippen LogP contribution < -0.4 is 0 Å². The first kappa shape index (κ1) is 6.61. The largest absolute Gasteiger partial charge is 0.483 e. The Kier molecular flexibility index (Phi) is 1.89. The van der Waals surface area contributed by atoms with Crippen molar-refractivity contribution in [3.8, 4) is 0 Å². The van der Waals surface area contributed by atoms with Gasteiger partial charge in [0.1, 0.15) is 0 Å². The zero-order chi connectivity index (χ0) is 7.40. The van der Waals surface area contributed by atoms with Crippen molar-refractivity contribution in [1.29, 1.82) is 0 Å². The number of carboxylic acid groups (broad SMARTS) is 1. The van der Waals surface area contributed by atoms with Gasteiger partial charge >= 0.3 is 0 Å². The average Bonchev–Trinajstić information content (AvgIpc) is 2.49. The molecular formula is C7H7NO2. The summed E-state index contributed by atoms with van der Waals surface area (Å²) in [7, 11) is 0. The maximum Gasteiger partial charge on any atom is 0.290 e. The summed E-state index contributed by atoms with van der Waals surface area (Å²) < 4.78 is 0. The molecule has 0 aromatic carbocycles. The predicted molar refractivity (Wildman–Crippen MR) is 38.2 cm³/mol. The third kappa shape index (κ3) is 1.25. The second kappa shape index (κ2) is 2.87. The van der Waals surface area contributed by atoms with Crippen molar-refractivity contribution in [1.82, 2.24) is 4.98 Å². The maximum atomic E-state index is 8.36. The molecule has 2 aromatic heterocycles. The molecule has 2 bridgehead atoms. The zero-order valence-electron chi connectivity index (χ0n) is 5.24. The SMILES string of the molecule is O=CO.c1cc2ccc1[nH]2. The van der Waals surface area contributed by atoms with Gasteiger partial charge in [0.25, 0.3) is 6.47 Å². The van der Waals surface area contributed by atoms with Crippen molar-refractivity contribution in [3.05, 3.63) is 24.3 Å². The number of aromatic amines is 1. The second-order valence-electron chi connectivity index (χ2n) is 1.81. The van der Waals surface area contributed by atoms with E-state index in [4.69, 9.17) is 9.90 Å². The lowest BCUT2D eigenvalue weighted by Crippen LogP contribution is -1.49. The van der Waals surface area contributed by atoms with Crippen LogP contribution in [-0.4, -0.2) is 16.6 Å². The molecule has 0 spiro atoms. The van der Waals surface area contributed by atoms with Gasteiger partial charge in [0, 0.05) is 11.0 Å². The first-order valence-corrected chi connectivity index (χ1v) is 2.82. The van der Waals surface area contributed by atoms with Gasteiger partial charge in [0.2, 0.25) is 0 Å². The van der Waals surface area contributed by atoms with Gasteiger partial charge in [-0.15, -0.1) is 0 Å². The van der Waals surface area contributed by atoms with Crippen LogP contribution in [0.25, 0.3) is 11.0 Å². The van der Waals surface area contributed by atoms with Crippen molar-refractivity contribution in [3.63, 3.8) is 0 Å². The Hall–Kier alpha value is -1.51. The van der Waals surface area contributed by atoms with Gasteiger partial charge in [-0.3, -0.25) is 4.79 Å². The van der Waals surface area contributed by atoms with E-state index in [-0.39, 0.29) is 6.47 Å². The van der Waals surface area contributed by atoms with Gasteiger partial charge in [0.15, 0.2) is 0 Å². The first-order chi connectivity index (χ1) is 4.86. The monoisotopic (exact) mass is 137 g/mol. The molecule has 0 saturated heterocycles. The Labute approximate surface area is 57.6 Å². The van der Waals surface area contributed by atoms with Gasteiger partial charge in [0.05, 0.1) is 0 Å². The van der Waals surface area contributed by atoms with Gasteiger partial charge < -0.3 is 10.1 Å². The van der Waals surface area contributed by atoms with E-state index in [1.165, 1.54) is 11.0 Å². The lowest BCUT2D eigenvalue weighted by molar-refractivity contribution is -0.122. The number of hydrogen-bond acceptors (Lipinski definition) is 1. The molecule has 10 heavy (non-hydrogen) atoms. The molecule has 0 radical (unpaired) electrons. The van der Waals surface area contributed by atoms with Crippen molar-refractivity contribution in [2.24, 2.45) is 0 Å². The number of benzene rings is 1. The van der Waals surface area contributed by atoms with E-state index in [2.05, 4.69) is 29.2 Å². The van der Waals surface area contributed by atoms with E-state index in [9.17, 15) is 0 Å². The van der Waals surface area contributed by atoms with Gasteiger partial charge in [-0.05, 0) is 24.3 Å². The van der Waals surface area contributed by atoms with Crippen LogP contribution in [-0.2, 0) is 4.79 Å². The Morgan fingerprint density at radius 1 is 1.20 bits per heavy atom. The van der Waals surface area contributed by atoms with Crippen molar-refractivity contribution in [2.75, 3.05) is 0 Å². The zero-order valence-corrected chi connectivity index (χ0v) is 5.24. The first-order valence-electron chi connectivity index (χ1n) is 2.82. The van der Waals surface area contributed by atoms with Crippen LogP contribution in [0.3, 0.4) is 0 Å². The predicted octanol–water partition coefficient (Wildman–Crippen LogP) is 1.31. The molecule has 0 saturated carbocycles. The van der Waals surface area contributed by atoms with Crippen molar-refractivity contribution in [2.45, 2.75) is 0 Å². The second-order valence-corrected chi connectivity index (χ2v) is 1.81. The minimum absolute atomic E-state index is 0.250. The fraction of sp³-hybridized carbons (Fsp3) is 0. The summed E-state index contributed by atoms with van der Waals surface area (Å²) in [6.45, 7) is -0.250. The molecular weight excluding hydrogens is 130 g/mol. The summed E-state index contributed by atoms with van der Waals surface area (Å²) in [6.07, 6.45) is 0. The number of hydrogen-bond donors (Lipinski definition) is 2. The molecule has 2 N–H and O–H groups in total. The van der Waals surface area contributed by atoms with Crippen LogP contribution in [0.15, 0.2) is 24.3 Å². The summed E-state index contributed by atoms with van der Waals surface area (Å²) >= 11 is 0. The molecule has 0 fully saturated rings.